The maximum atomic E-state index is 6.15. The van der Waals surface area contributed by atoms with Crippen LogP contribution < -0.4 is 10.1 Å². The summed E-state index contributed by atoms with van der Waals surface area (Å²) in [6.07, 6.45) is 1.57. The molecule has 1 aliphatic heterocycles. The number of ether oxygens (including phenoxy) is 1. The third-order valence-corrected chi connectivity index (χ3v) is 4.70. The molecule has 1 aromatic heterocycles. The van der Waals surface area contributed by atoms with Gasteiger partial charge in [0, 0.05) is 21.3 Å². The van der Waals surface area contributed by atoms with Crippen LogP contribution in [0.25, 0.3) is 11.3 Å². The topological polar surface area (TPSA) is 59.9 Å². The Bertz CT molecular complexity index is 891. The van der Waals surface area contributed by atoms with E-state index in [1.54, 1.807) is 0 Å². The lowest BCUT2D eigenvalue weighted by molar-refractivity contribution is 0.225. The van der Waals surface area contributed by atoms with Crippen molar-refractivity contribution in [1.29, 1.82) is 0 Å². The van der Waals surface area contributed by atoms with Gasteiger partial charge in [-0.05, 0) is 24.5 Å². The zero-order valence-corrected chi connectivity index (χ0v) is 15.1. The van der Waals surface area contributed by atoms with Crippen molar-refractivity contribution < 1.29 is 4.74 Å². The molecule has 0 saturated heterocycles. The molecule has 1 atom stereocenters. The van der Waals surface area contributed by atoms with Crippen LogP contribution in [0.1, 0.15) is 11.8 Å². The second-order valence-electron chi connectivity index (χ2n) is 5.20. The summed E-state index contributed by atoms with van der Waals surface area (Å²) in [6.45, 7) is 0. The molecule has 1 N–H and O–H groups in total. The van der Waals surface area contributed by atoms with Crippen molar-refractivity contribution in [2.24, 2.45) is 0 Å². The monoisotopic (exact) mass is 400 g/mol. The number of nitrogens with one attached hydrogen (secondary N) is 1. The highest BCUT2D eigenvalue weighted by Crippen LogP contribution is 2.40. The average Bonchev–Trinajstić information content (AvgIpc) is 2.78. The highest BCUT2D eigenvalue weighted by atomic mass is 79.9. The van der Waals surface area contributed by atoms with E-state index in [1.807, 2.05) is 54.8 Å². The number of hydrogen-bond donors (Lipinski definition) is 1. The van der Waals surface area contributed by atoms with E-state index in [0.29, 0.717) is 16.7 Å². The zero-order chi connectivity index (χ0) is 16.5. The fourth-order valence-corrected chi connectivity index (χ4v) is 3.19. The molecule has 1 aliphatic rings. The van der Waals surface area contributed by atoms with Crippen LogP contribution in [0.4, 0.5) is 5.69 Å². The predicted molar refractivity (Wildman–Crippen MR) is 98.2 cm³/mol. The number of hydrogen-bond acceptors (Lipinski definition) is 6. The Morgan fingerprint density at radius 3 is 2.75 bits per heavy atom. The molecule has 0 fully saturated rings. The minimum absolute atomic E-state index is 0.348. The highest BCUT2D eigenvalue weighted by molar-refractivity contribution is 9.10. The summed E-state index contributed by atoms with van der Waals surface area (Å²) < 4.78 is 7.12. The van der Waals surface area contributed by atoms with Crippen LogP contribution in [0.3, 0.4) is 0 Å². The summed E-state index contributed by atoms with van der Waals surface area (Å²) in [6, 6.07) is 16.0. The van der Waals surface area contributed by atoms with Crippen molar-refractivity contribution in [3.05, 3.63) is 58.6 Å². The van der Waals surface area contributed by atoms with Gasteiger partial charge in [-0.15, -0.1) is 10.2 Å². The molecule has 3 aromatic rings. The summed E-state index contributed by atoms with van der Waals surface area (Å²) >= 11 is 4.95. The third-order valence-electron chi connectivity index (χ3n) is 3.67. The number of thioether (sulfide) groups is 1. The molecule has 7 heteroatoms. The second-order valence-corrected chi connectivity index (χ2v) is 6.88. The Morgan fingerprint density at radius 2 is 1.96 bits per heavy atom. The number of benzene rings is 2. The molecule has 2 heterocycles. The first-order valence-electron chi connectivity index (χ1n) is 7.31. The van der Waals surface area contributed by atoms with Gasteiger partial charge in [0.05, 0.1) is 0 Å². The predicted octanol–water partition coefficient (Wildman–Crippen LogP) is 4.53. The van der Waals surface area contributed by atoms with E-state index < -0.39 is 0 Å². The van der Waals surface area contributed by atoms with Crippen LogP contribution in [0.2, 0.25) is 0 Å². The molecule has 2 aromatic carbocycles. The van der Waals surface area contributed by atoms with E-state index in [4.69, 9.17) is 4.74 Å². The van der Waals surface area contributed by atoms with Crippen LogP contribution in [-0.2, 0) is 0 Å². The summed E-state index contributed by atoms with van der Waals surface area (Å²) in [7, 11) is 0. The van der Waals surface area contributed by atoms with Crippen LogP contribution in [0.5, 0.6) is 5.88 Å². The summed E-state index contributed by atoms with van der Waals surface area (Å²) in [4.78, 5) is 4.51. The van der Waals surface area contributed by atoms with E-state index in [2.05, 4.69) is 36.4 Å². The van der Waals surface area contributed by atoms with Gasteiger partial charge in [0.25, 0.3) is 0 Å². The normalized spacial score (nSPS) is 15.5. The fraction of sp³-hybridized carbons (Fsp3) is 0.118. The molecule has 0 bridgehead atoms. The van der Waals surface area contributed by atoms with Crippen molar-refractivity contribution in [3.63, 3.8) is 0 Å². The first-order valence-corrected chi connectivity index (χ1v) is 9.33. The van der Waals surface area contributed by atoms with Crippen LogP contribution in [0.15, 0.2) is 58.2 Å². The van der Waals surface area contributed by atoms with Crippen molar-refractivity contribution in [3.8, 4) is 17.1 Å². The molecule has 120 valence electrons. The van der Waals surface area contributed by atoms with Crippen LogP contribution in [-0.4, -0.2) is 21.4 Å². The van der Waals surface area contributed by atoms with Crippen LogP contribution in [0, 0.1) is 0 Å². The molecule has 0 unspecified atom stereocenters. The maximum absolute atomic E-state index is 6.15. The van der Waals surface area contributed by atoms with Gasteiger partial charge in [-0.2, -0.15) is 4.98 Å². The van der Waals surface area contributed by atoms with Crippen LogP contribution >= 0.6 is 27.7 Å². The molecular weight excluding hydrogens is 388 g/mol. The van der Waals surface area contributed by atoms with Gasteiger partial charge < -0.3 is 10.1 Å². The lowest BCUT2D eigenvalue weighted by Gasteiger charge is -2.19. The van der Waals surface area contributed by atoms with Gasteiger partial charge in [-0.25, -0.2) is 0 Å². The molecule has 4 rings (SSSR count). The van der Waals surface area contributed by atoms with Crippen molar-refractivity contribution >= 4 is 33.4 Å². The minimum atomic E-state index is -0.348. The number of fused-ring (bicyclic) bond motifs is 3. The Labute approximate surface area is 152 Å². The first-order chi connectivity index (χ1) is 11.7. The Kier molecular flexibility index (Phi) is 4.12. The standard InChI is InChI=1S/C17H13BrN4OS/c1-24-17-20-16-14(21-22-17)12-9-11(18)7-8-13(12)19-15(23-16)10-5-3-2-4-6-10/h2-9,15,19H,1H3/t15-/m0/s1. The Hall–Kier alpha value is -2.12. The van der Waals surface area contributed by atoms with E-state index in [0.717, 1.165) is 21.3 Å². The molecular formula is C17H13BrN4OS. The van der Waals surface area contributed by atoms with Gasteiger partial charge >= 0.3 is 0 Å². The SMILES string of the molecule is CSc1nnc2c(n1)O[C@@H](c1ccccc1)Nc1ccc(Br)cc1-2. The highest BCUT2D eigenvalue weighted by Gasteiger charge is 2.26. The van der Waals surface area contributed by atoms with Crippen molar-refractivity contribution in [2.45, 2.75) is 11.4 Å². The second kappa shape index (κ2) is 6.41. The largest absolute Gasteiger partial charge is 0.448 e. The first kappa shape index (κ1) is 15.4. The number of aromatic nitrogens is 3. The van der Waals surface area contributed by atoms with Gasteiger partial charge in [-0.3, -0.25) is 0 Å². The number of rotatable bonds is 2. The molecule has 0 amide bonds. The molecule has 0 radical (unpaired) electrons. The van der Waals surface area contributed by atoms with Gasteiger partial charge in [0.1, 0.15) is 0 Å². The average molecular weight is 401 g/mol. The van der Waals surface area contributed by atoms with Crippen molar-refractivity contribution in [2.75, 3.05) is 11.6 Å². The quantitative estimate of drug-likeness (QED) is 0.637. The lowest BCUT2D eigenvalue weighted by Crippen LogP contribution is -2.17. The molecule has 0 saturated carbocycles. The summed E-state index contributed by atoms with van der Waals surface area (Å²) in [5.74, 6) is 0.479. The molecule has 5 nitrogen and oxygen atoms in total. The van der Waals surface area contributed by atoms with Gasteiger partial charge in [-0.1, -0.05) is 58.0 Å². The van der Waals surface area contributed by atoms with Gasteiger partial charge in [0.2, 0.25) is 11.0 Å². The Balaban J connectivity index is 1.89. The third kappa shape index (κ3) is 2.85. The maximum Gasteiger partial charge on any atom is 0.247 e. The van der Waals surface area contributed by atoms with E-state index in [1.165, 1.54) is 11.8 Å². The van der Waals surface area contributed by atoms with E-state index >= 15 is 0 Å². The smallest absolute Gasteiger partial charge is 0.247 e. The molecule has 0 spiro atoms. The summed E-state index contributed by atoms with van der Waals surface area (Å²) in [5, 5.41) is 12.5. The number of nitrogens with zero attached hydrogens (tertiary/aromatic N) is 3. The fourth-order valence-electron chi connectivity index (χ4n) is 2.54. The van der Waals surface area contributed by atoms with E-state index in [-0.39, 0.29) is 6.23 Å². The van der Waals surface area contributed by atoms with Crippen molar-refractivity contribution in [1.82, 2.24) is 15.2 Å². The molecule has 24 heavy (non-hydrogen) atoms. The Morgan fingerprint density at radius 1 is 1.12 bits per heavy atom. The zero-order valence-electron chi connectivity index (χ0n) is 12.7. The molecule has 0 aliphatic carbocycles. The summed E-state index contributed by atoms with van der Waals surface area (Å²) in [5.41, 5.74) is 3.49. The van der Waals surface area contributed by atoms with Gasteiger partial charge in [0.15, 0.2) is 11.9 Å². The number of halogens is 1. The minimum Gasteiger partial charge on any atom is -0.448 e. The number of anilines is 1. The lowest BCUT2D eigenvalue weighted by atomic mass is 10.1. The van der Waals surface area contributed by atoms with E-state index in [9.17, 15) is 0 Å².